The summed E-state index contributed by atoms with van der Waals surface area (Å²) in [5, 5.41) is 4.34. The van der Waals surface area contributed by atoms with Gasteiger partial charge in [-0.05, 0) is 30.7 Å². The number of rotatable bonds is 8. The molecule has 2 aliphatic rings. The molecule has 3 rings (SSSR count). The fourth-order valence-corrected chi connectivity index (χ4v) is 2.84. The quantitative estimate of drug-likeness (QED) is 0.765. The summed E-state index contributed by atoms with van der Waals surface area (Å²) in [4.78, 5) is 4.70. The summed E-state index contributed by atoms with van der Waals surface area (Å²) in [5.74, 6) is 2.60. The summed E-state index contributed by atoms with van der Waals surface area (Å²) < 4.78 is 16.3. The van der Waals surface area contributed by atoms with Crippen LogP contribution in [0.1, 0.15) is 6.42 Å². The van der Waals surface area contributed by atoms with Crippen LogP contribution in [0.5, 0.6) is 11.5 Å². The second-order valence-corrected chi connectivity index (χ2v) is 5.88. The molecule has 0 atom stereocenters. The van der Waals surface area contributed by atoms with Crippen molar-refractivity contribution < 1.29 is 14.2 Å². The van der Waals surface area contributed by atoms with Crippen molar-refractivity contribution in [3.63, 3.8) is 0 Å². The molecule has 1 aromatic rings. The van der Waals surface area contributed by atoms with E-state index in [1.54, 1.807) is 7.11 Å². The van der Waals surface area contributed by atoms with Gasteiger partial charge in [0.05, 0.1) is 20.3 Å². The van der Waals surface area contributed by atoms with Crippen molar-refractivity contribution in [2.45, 2.75) is 6.42 Å². The molecule has 0 spiro atoms. The molecule has 132 valence electrons. The minimum absolute atomic E-state index is 0.469. The van der Waals surface area contributed by atoms with E-state index in [4.69, 9.17) is 14.2 Å². The van der Waals surface area contributed by atoms with Gasteiger partial charge < -0.3 is 19.1 Å². The van der Waals surface area contributed by atoms with Gasteiger partial charge in [-0.3, -0.25) is 10.3 Å². The first-order valence-corrected chi connectivity index (χ1v) is 8.46. The first-order chi connectivity index (χ1) is 11.8. The van der Waals surface area contributed by atoms with Crippen molar-refractivity contribution in [1.82, 2.24) is 15.2 Å². The third-order valence-electron chi connectivity index (χ3n) is 4.27. The van der Waals surface area contributed by atoms with Gasteiger partial charge in [0, 0.05) is 26.2 Å². The van der Waals surface area contributed by atoms with E-state index in [2.05, 4.69) is 20.3 Å². The van der Waals surface area contributed by atoms with E-state index in [0.29, 0.717) is 6.61 Å². The van der Waals surface area contributed by atoms with Crippen LogP contribution in [0, 0.1) is 0 Å². The lowest BCUT2D eigenvalue weighted by atomic mass is 10.3. The fraction of sp³-hybridized carbons (Fsp3) is 0.588. The molecule has 0 amide bonds. The zero-order valence-corrected chi connectivity index (χ0v) is 14.2. The molecule has 7 heteroatoms. The van der Waals surface area contributed by atoms with Crippen LogP contribution < -0.4 is 14.9 Å². The molecule has 0 unspecified atom stereocenters. The van der Waals surface area contributed by atoms with Gasteiger partial charge in [0.1, 0.15) is 24.8 Å². The monoisotopic (exact) mass is 334 g/mol. The Kier molecular flexibility index (Phi) is 6.14. The molecule has 1 saturated heterocycles. The SMILES string of the molecule is COc1ccc(OCC2=NNCN2CCCN2CCOCC2)cc1. The fourth-order valence-electron chi connectivity index (χ4n) is 2.84. The maximum atomic E-state index is 5.82. The third-order valence-corrected chi connectivity index (χ3v) is 4.27. The number of hydrogen-bond donors (Lipinski definition) is 1. The first kappa shape index (κ1) is 16.9. The Morgan fingerprint density at radius 1 is 1.12 bits per heavy atom. The van der Waals surface area contributed by atoms with Crippen molar-refractivity contribution in [3.05, 3.63) is 24.3 Å². The summed E-state index contributed by atoms with van der Waals surface area (Å²) in [6.45, 7) is 7.10. The lowest BCUT2D eigenvalue weighted by Crippen LogP contribution is -2.39. The molecule has 2 heterocycles. The Labute approximate surface area is 143 Å². The number of nitrogens with zero attached hydrogens (tertiary/aromatic N) is 3. The molecule has 1 aromatic carbocycles. The van der Waals surface area contributed by atoms with E-state index in [1.807, 2.05) is 24.3 Å². The van der Waals surface area contributed by atoms with Crippen LogP contribution in [0.3, 0.4) is 0 Å². The van der Waals surface area contributed by atoms with Gasteiger partial charge in [-0.1, -0.05) is 0 Å². The molecule has 2 aliphatic heterocycles. The summed E-state index contributed by atoms with van der Waals surface area (Å²) >= 11 is 0. The zero-order chi connectivity index (χ0) is 16.6. The number of morpholine rings is 1. The highest BCUT2D eigenvalue weighted by atomic mass is 16.5. The second kappa shape index (κ2) is 8.75. The number of benzene rings is 1. The van der Waals surface area contributed by atoms with Crippen molar-refractivity contribution in [2.24, 2.45) is 5.10 Å². The lowest BCUT2D eigenvalue weighted by Gasteiger charge is -2.27. The smallest absolute Gasteiger partial charge is 0.164 e. The number of ether oxygens (including phenoxy) is 3. The third kappa shape index (κ3) is 4.75. The van der Waals surface area contributed by atoms with E-state index in [9.17, 15) is 0 Å². The number of hydrazone groups is 1. The van der Waals surface area contributed by atoms with E-state index in [0.717, 1.165) is 69.8 Å². The second-order valence-electron chi connectivity index (χ2n) is 5.88. The average Bonchev–Trinajstić information content (AvgIpc) is 3.09. The largest absolute Gasteiger partial charge is 0.497 e. The molecule has 1 N–H and O–H groups in total. The molecule has 0 bridgehead atoms. The van der Waals surface area contributed by atoms with Crippen LogP contribution >= 0.6 is 0 Å². The van der Waals surface area contributed by atoms with Crippen LogP contribution in [0.4, 0.5) is 0 Å². The Morgan fingerprint density at radius 3 is 2.62 bits per heavy atom. The number of amidine groups is 1. The van der Waals surface area contributed by atoms with E-state index < -0.39 is 0 Å². The van der Waals surface area contributed by atoms with Crippen molar-refractivity contribution >= 4 is 5.84 Å². The molecular formula is C17H26N4O3. The molecule has 0 aliphatic carbocycles. The Morgan fingerprint density at radius 2 is 1.88 bits per heavy atom. The summed E-state index contributed by atoms with van der Waals surface area (Å²) in [6.07, 6.45) is 1.11. The van der Waals surface area contributed by atoms with Crippen LogP contribution in [-0.2, 0) is 4.74 Å². The lowest BCUT2D eigenvalue weighted by molar-refractivity contribution is 0.0368. The van der Waals surface area contributed by atoms with Crippen LogP contribution in [0.25, 0.3) is 0 Å². The average molecular weight is 334 g/mol. The maximum Gasteiger partial charge on any atom is 0.164 e. The van der Waals surface area contributed by atoms with Gasteiger partial charge in [0.25, 0.3) is 0 Å². The van der Waals surface area contributed by atoms with Crippen molar-refractivity contribution in [2.75, 3.05) is 59.8 Å². The maximum absolute atomic E-state index is 5.82. The van der Waals surface area contributed by atoms with Gasteiger partial charge in [-0.25, -0.2) is 0 Å². The Balaban J connectivity index is 1.39. The van der Waals surface area contributed by atoms with Crippen molar-refractivity contribution in [3.8, 4) is 11.5 Å². The number of methoxy groups -OCH3 is 1. The molecular weight excluding hydrogens is 308 g/mol. The zero-order valence-electron chi connectivity index (χ0n) is 14.2. The predicted molar refractivity (Wildman–Crippen MR) is 92.5 cm³/mol. The summed E-state index contributed by atoms with van der Waals surface area (Å²) in [6, 6.07) is 7.60. The van der Waals surface area contributed by atoms with Crippen LogP contribution in [-0.4, -0.2) is 75.4 Å². The van der Waals surface area contributed by atoms with Gasteiger partial charge in [-0.2, -0.15) is 5.10 Å². The van der Waals surface area contributed by atoms with Crippen LogP contribution in [0.15, 0.2) is 29.4 Å². The standard InChI is InChI=1S/C17H26N4O3/c1-22-15-3-5-16(6-4-15)24-13-17-19-18-14-21(17)8-2-7-20-9-11-23-12-10-20/h3-6,18H,2,7-14H2,1H3. The molecule has 24 heavy (non-hydrogen) atoms. The van der Waals surface area contributed by atoms with Gasteiger partial charge in [0.2, 0.25) is 0 Å². The van der Waals surface area contributed by atoms with E-state index in [-0.39, 0.29) is 0 Å². The van der Waals surface area contributed by atoms with Gasteiger partial charge in [0.15, 0.2) is 5.84 Å². The topological polar surface area (TPSA) is 58.6 Å². The van der Waals surface area contributed by atoms with E-state index in [1.165, 1.54) is 0 Å². The molecule has 0 aromatic heterocycles. The minimum atomic E-state index is 0.469. The first-order valence-electron chi connectivity index (χ1n) is 8.46. The molecule has 1 fully saturated rings. The van der Waals surface area contributed by atoms with Gasteiger partial charge in [-0.15, -0.1) is 0 Å². The molecule has 0 radical (unpaired) electrons. The summed E-state index contributed by atoms with van der Waals surface area (Å²) in [5.41, 5.74) is 3.05. The van der Waals surface area contributed by atoms with Crippen molar-refractivity contribution in [1.29, 1.82) is 0 Å². The van der Waals surface area contributed by atoms with Crippen LogP contribution in [0.2, 0.25) is 0 Å². The number of hydrogen-bond acceptors (Lipinski definition) is 7. The Hall–Kier alpha value is -1.99. The predicted octanol–water partition coefficient (Wildman–Crippen LogP) is 0.973. The summed E-state index contributed by atoms with van der Waals surface area (Å²) in [7, 11) is 1.66. The highest BCUT2D eigenvalue weighted by molar-refractivity contribution is 5.84. The highest BCUT2D eigenvalue weighted by Crippen LogP contribution is 2.17. The molecule has 7 nitrogen and oxygen atoms in total. The highest BCUT2D eigenvalue weighted by Gasteiger charge is 2.18. The van der Waals surface area contributed by atoms with Gasteiger partial charge >= 0.3 is 0 Å². The Bertz CT molecular complexity index is 529. The van der Waals surface area contributed by atoms with E-state index >= 15 is 0 Å². The number of nitrogens with one attached hydrogen (secondary N) is 1. The minimum Gasteiger partial charge on any atom is -0.497 e. The normalized spacial score (nSPS) is 18.2. The molecule has 0 saturated carbocycles.